The van der Waals surface area contributed by atoms with Crippen molar-refractivity contribution in [2.45, 2.75) is 38.1 Å². The summed E-state index contributed by atoms with van der Waals surface area (Å²) >= 11 is 0. The van der Waals surface area contributed by atoms with Crippen molar-refractivity contribution in [2.75, 3.05) is 6.54 Å². The van der Waals surface area contributed by atoms with Crippen molar-refractivity contribution >= 4 is 17.5 Å². The van der Waals surface area contributed by atoms with Crippen molar-refractivity contribution in [1.82, 2.24) is 4.90 Å². The summed E-state index contributed by atoms with van der Waals surface area (Å²) < 4.78 is 81.4. The summed E-state index contributed by atoms with van der Waals surface area (Å²) in [6.07, 6.45) is -5.17. The lowest BCUT2D eigenvalue weighted by molar-refractivity contribution is -0.764. The Bertz CT molecular complexity index is 1360. The molecule has 1 aliphatic heterocycles. The second-order valence-electron chi connectivity index (χ2n) is 9.17. The van der Waals surface area contributed by atoms with Crippen LogP contribution in [0.1, 0.15) is 28.7 Å². The minimum Gasteiger partial charge on any atom is -0.327 e. The third kappa shape index (κ3) is 6.05. The van der Waals surface area contributed by atoms with Crippen LogP contribution < -0.4 is 10.6 Å². The van der Waals surface area contributed by atoms with E-state index < -0.39 is 47.0 Å². The van der Waals surface area contributed by atoms with Crippen LogP contribution in [0.15, 0.2) is 60.7 Å². The Morgan fingerprint density at radius 3 is 2.32 bits per heavy atom. The topological polar surface area (TPSA) is 67.8 Å². The fraction of sp³-hybridized carbons (Fsp3) is 0.259. The van der Waals surface area contributed by atoms with E-state index in [1.165, 1.54) is 23.1 Å². The van der Waals surface area contributed by atoms with E-state index in [1.807, 2.05) is 0 Å². The SMILES string of the molecule is N[C@@H](CC(=O)N1CC(=O)[NH+](Cc2ccccc2C(F)(F)F)c2ccccc2C1)Cc1cc(F)c(F)cc1F. The molecular weight excluding hydrogens is 512 g/mol. The Balaban J connectivity index is 1.54. The molecule has 1 unspecified atom stereocenters. The zero-order valence-electron chi connectivity index (χ0n) is 20.0. The van der Waals surface area contributed by atoms with Gasteiger partial charge < -0.3 is 10.6 Å². The van der Waals surface area contributed by atoms with E-state index in [2.05, 4.69) is 0 Å². The molecule has 2 atom stereocenters. The molecule has 0 saturated heterocycles. The summed E-state index contributed by atoms with van der Waals surface area (Å²) in [5.74, 6) is -4.64. The van der Waals surface area contributed by atoms with E-state index in [4.69, 9.17) is 5.73 Å². The number of para-hydroxylation sites is 1. The van der Waals surface area contributed by atoms with Crippen molar-refractivity contribution in [2.24, 2.45) is 5.73 Å². The number of halogens is 6. The number of nitrogens with one attached hydrogen (secondary N) is 1. The maximum absolute atomic E-state index is 14.0. The number of benzene rings is 3. The minimum atomic E-state index is -4.60. The molecule has 4 rings (SSSR count). The Kier molecular flexibility index (Phi) is 7.89. The van der Waals surface area contributed by atoms with Crippen molar-refractivity contribution in [1.29, 1.82) is 0 Å². The number of fused-ring (bicyclic) bond motifs is 1. The number of hydrogen-bond donors (Lipinski definition) is 2. The largest absolute Gasteiger partial charge is 0.416 e. The lowest BCUT2D eigenvalue weighted by Gasteiger charge is -2.21. The van der Waals surface area contributed by atoms with Crippen molar-refractivity contribution in [3.8, 4) is 0 Å². The van der Waals surface area contributed by atoms with E-state index in [0.29, 0.717) is 23.4 Å². The average Bonchev–Trinajstić information content (AvgIpc) is 2.98. The highest BCUT2D eigenvalue weighted by Gasteiger charge is 2.38. The van der Waals surface area contributed by atoms with Gasteiger partial charge in [0.05, 0.1) is 12.1 Å². The molecule has 38 heavy (non-hydrogen) atoms. The molecule has 0 saturated carbocycles. The van der Waals surface area contributed by atoms with Gasteiger partial charge in [0.25, 0.3) is 0 Å². The summed E-state index contributed by atoms with van der Waals surface area (Å²) in [6, 6.07) is 11.8. The third-order valence-corrected chi connectivity index (χ3v) is 6.43. The van der Waals surface area contributed by atoms with Crippen molar-refractivity contribution in [3.05, 3.63) is 100 Å². The summed E-state index contributed by atoms with van der Waals surface area (Å²) in [6.45, 7) is -0.650. The average molecular weight is 536 g/mol. The highest BCUT2D eigenvalue weighted by molar-refractivity contribution is 5.83. The van der Waals surface area contributed by atoms with Gasteiger partial charge in [-0.3, -0.25) is 4.79 Å². The third-order valence-electron chi connectivity index (χ3n) is 6.43. The van der Waals surface area contributed by atoms with Gasteiger partial charge in [0, 0.05) is 29.7 Å². The first-order chi connectivity index (χ1) is 17.9. The molecule has 3 aromatic carbocycles. The van der Waals surface area contributed by atoms with Crippen molar-refractivity contribution < 1.29 is 40.8 Å². The molecule has 1 aliphatic rings. The molecule has 2 amide bonds. The van der Waals surface area contributed by atoms with Gasteiger partial charge in [-0.25, -0.2) is 22.9 Å². The maximum Gasteiger partial charge on any atom is 0.416 e. The standard InChI is InChI=1S/C27H23F6N3O2/c28-21-12-23(30)22(29)10-18(21)9-19(34)11-25(37)35-13-17-6-2-4-8-24(17)36(26(38)15-35)14-16-5-1-3-7-20(16)27(31,32)33/h1-8,10,12,19H,9,11,13-15,34H2/p+1/t19-/m1/s1. The molecule has 1 heterocycles. The number of rotatable bonds is 6. The van der Waals surface area contributed by atoms with E-state index in [-0.39, 0.29) is 48.5 Å². The number of alkyl halides is 3. The lowest BCUT2D eigenvalue weighted by Crippen LogP contribution is -3.09. The predicted octanol–water partition coefficient (Wildman–Crippen LogP) is 3.67. The van der Waals surface area contributed by atoms with Gasteiger partial charge >= 0.3 is 12.1 Å². The molecule has 11 heteroatoms. The van der Waals surface area contributed by atoms with Crippen LogP contribution in [0.3, 0.4) is 0 Å². The molecule has 0 bridgehead atoms. The second kappa shape index (κ2) is 11.0. The van der Waals surface area contributed by atoms with Crippen LogP contribution in [-0.4, -0.2) is 29.3 Å². The molecule has 5 nitrogen and oxygen atoms in total. The minimum absolute atomic E-state index is 0.0113. The quantitative estimate of drug-likeness (QED) is 0.373. The number of nitrogens with zero attached hydrogens (tertiary/aromatic N) is 1. The van der Waals surface area contributed by atoms with Gasteiger partial charge in [-0.15, -0.1) is 0 Å². The molecule has 3 aromatic rings. The normalized spacial score (nSPS) is 16.7. The first-order valence-corrected chi connectivity index (χ1v) is 11.7. The van der Waals surface area contributed by atoms with Crippen LogP contribution in [0.4, 0.5) is 32.0 Å². The zero-order chi connectivity index (χ0) is 27.6. The molecular formula is C27H24F6N3O2+. The number of hydrogen-bond acceptors (Lipinski definition) is 3. The first-order valence-electron chi connectivity index (χ1n) is 11.7. The molecule has 0 aliphatic carbocycles. The van der Waals surface area contributed by atoms with Gasteiger partial charge in [-0.05, 0) is 30.2 Å². The van der Waals surface area contributed by atoms with Gasteiger partial charge in [0.2, 0.25) is 5.91 Å². The van der Waals surface area contributed by atoms with E-state index in [1.54, 1.807) is 24.3 Å². The Morgan fingerprint density at radius 2 is 1.58 bits per heavy atom. The maximum atomic E-state index is 14.0. The van der Waals surface area contributed by atoms with Crippen LogP contribution in [0.5, 0.6) is 0 Å². The monoisotopic (exact) mass is 536 g/mol. The smallest absolute Gasteiger partial charge is 0.327 e. The molecule has 0 aromatic heterocycles. The van der Waals surface area contributed by atoms with Crippen LogP contribution in [-0.2, 0) is 35.3 Å². The van der Waals surface area contributed by atoms with Gasteiger partial charge in [-0.2, -0.15) is 13.2 Å². The number of amides is 2. The summed E-state index contributed by atoms with van der Waals surface area (Å²) in [5.41, 5.74) is 5.93. The van der Waals surface area contributed by atoms with Gasteiger partial charge in [0.1, 0.15) is 24.6 Å². The number of nitrogens with two attached hydrogens (primary N) is 1. The number of quaternary nitrogens is 1. The molecule has 200 valence electrons. The zero-order valence-corrected chi connectivity index (χ0v) is 20.0. The van der Waals surface area contributed by atoms with Crippen LogP contribution in [0, 0.1) is 17.5 Å². The highest BCUT2D eigenvalue weighted by atomic mass is 19.4. The number of carbonyl (C=O) groups is 2. The predicted molar refractivity (Wildman–Crippen MR) is 125 cm³/mol. The Morgan fingerprint density at radius 1 is 0.921 bits per heavy atom. The Hall–Kier alpha value is -3.70. The molecule has 3 N–H and O–H groups in total. The lowest BCUT2D eigenvalue weighted by atomic mass is 10.0. The number of carbonyl (C=O) groups excluding carboxylic acids is 2. The molecule has 0 fully saturated rings. The fourth-order valence-corrected chi connectivity index (χ4v) is 4.57. The van der Waals surface area contributed by atoms with Crippen molar-refractivity contribution in [3.63, 3.8) is 0 Å². The first kappa shape index (κ1) is 27.3. The fourth-order valence-electron chi connectivity index (χ4n) is 4.57. The molecule has 0 spiro atoms. The van der Waals surface area contributed by atoms with Crippen LogP contribution >= 0.6 is 0 Å². The van der Waals surface area contributed by atoms with E-state index >= 15 is 0 Å². The Labute approximate surface area is 214 Å². The summed E-state index contributed by atoms with van der Waals surface area (Å²) in [5, 5.41) is 0. The van der Waals surface area contributed by atoms with Gasteiger partial charge in [0.15, 0.2) is 11.6 Å². The molecule has 0 radical (unpaired) electrons. The second-order valence-corrected chi connectivity index (χ2v) is 9.17. The van der Waals surface area contributed by atoms with Gasteiger partial charge in [-0.1, -0.05) is 36.4 Å². The van der Waals surface area contributed by atoms with Crippen LogP contribution in [0.25, 0.3) is 0 Å². The summed E-state index contributed by atoms with van der Waals surface area (Å²) in [4.78, 5) is 27.7. The van der Waals surface area contributed by atoms with Crippen LogP contribution in [0.2, 0.25) is 0 Å². The van der Waals surface area contributed by atoms with E-state index in [0.717, 1.165) is 6.07 Å². The summed E-state index contributed by atoms with van der Waals surface area (Å²) in [7, 11) is 0. The highest BCUT2D eigenvalue weighted by Crippen LogP contribution is 2.32. The van der Waals surface area contributed by atoms with E-state index in [9.17, 15) is 35.9 Å².